The average molecular weight is 511 g/mol. The predicted molar refractivity (Wildman–Crippen MR) is 141 cm³/mol. The van der Waals surface area contributed by atoms with Gasteiger partial charge in [0, 0.05) is 24.8 Å². The average Bonchev–Trinajstić information content (AvgIpc) is 3.35. The molecule has 2 aliphatic heterocycles. The number of anilines is 1. The van der Waals surface area contributed by atoms with Crippen LogP contribution < -0.4 is 15.0 Å². The zero-order valence-electron chi connectivity index (χ0n) is 21.8. The van der Waals surface area contributed by atoms with Gasteiger partial charge in [-0.2, -0.15) is 4.99 Å². The first-order valence-corrected chi connectivity index (χ1v) is 13.3. The topological polar surface area (TPSA) is 57.2 Å². The standard InChI is InChI=1S/C29H36F2N4O2/c1-19(2)37-24-10-4-7-21(15-24)18-34-14-13-29(17-20(34)3)27(32-26-12-6-11-25(26)31)33-28(36)35(29)23-9-5-8-22(30)16-23/h4-5,7-10,15-16,19-20,25-26H,6,11-14,17-18H2,1-3H3,(H,32,33,36)/t20-,25-,26-,29+/m0/s1. The molecule has 2 amide bonds. The predicted octanol–water partition coefficient (Wildman–Crippen LogP) is 5.85. The summed E-state index contributed by atoms with van der Waals surface area (Å²) >= 11 is 0. The number of nitrogens with zero attached hydrogens (tertiary/aromatic N) is 3. The summed E-state index contributed by atoms with van der Waals surface area (Å²) in [6, 6.07) is 13.6. The third-order valence-electron chi connectivity index (χ3n) is 7.81. The Balaban J connectivity index is 1.41. The van der Waals surface area contributed by atoms with Gasteiger partial charge >= 0.3 is 6.03 Å². The van der Waals surface area contributed by atoms with Crippen LogP contribution in [-0.4, -0.2) is 53.2 Å². The fraction of sp³-hybridized carbons (Fsp3) is 0.517. The molecule has 2 aromatic rings. The van der Waals surface area contributed by atoms with Crippen LogP contribution in [-0.2, 0) is 6.54 Å². The van der Waals surface area contributed by atoms with Gasteiger partial charge in [-0.1, -0.05) is 18.2 Å². The number of rotatable bonds is 6. The van der Waals surface area contributed by atoms with E-state index in [-0.39, 0.29) is 18.2 Å². The zero-order valence-corrected chi connectivity index (χ0v) is 21.8. The fourth-order valence-electron chi connectivity index (χ4n) is 6.08. The minimum absolute atomic E-state index is 0.0992. The molecule has 198 valence electrons. The van der Waals surface area contributed by atoms with Gasteiger partial charge in [-0.25, -0.2) is 13.6 Å². The molecular weight excluding hydrogens is 474 g/mol. The van der Waals surface area contributed by atoms with Crippen LogP contribution in [0, 0.1) is 5.82 Å². The van der Waals surface area contributed by atoms with E-state index in [0.29, 0.717) is 43.8 Å². The zero-order chi connectivity index (χ0) is 26.2. The lowest BCUT2D eigenvalue weighted by Crippen LogP contribution is -2.64. The number of likely N-dealkylation sites (tertiary alicyclic amines) is 1. The third kappa shape index (κ3) is 5.21. The van der Waals surface area contributed by atoms with E-state index in [1.807, 2.05) is 26.0 Å². The van der Waals surface area contributed by atoms with Crippen molar-refractivity contribution < 1.29 is 18.3 Å². The Labute approximate surface area is 217 Å². The summed E-state index contributed by atoms with van der Waals surface area (Å²) in [4.78, 5) is 21.7. The molecule has 1 saturated carbocycles. The lowest BCUT2D eigenvalue weighted by Gasteiger charge is -2.48. The first-order chi connectivity index (χ1) is 17.7. The number of hydrogen-bond acceptors (Lipinski definition) is 4. The minimum atomic E-state index is -0.962. The molecule has 1 saturated heterocycles. The summed E-state index contributed by atoms with van der Waals surface area (Å²) in [6.45, 7) is 7.62. The SMILES string of the molecule is CC(C)Oc1cccc(CN2CC[C@@]3(C[C@@H]2C)C(N[C@H]2CCC[C@@H]2F)=NC(=O)N3c2cccc(F)c2)c1. The summed E-state index contributed by atoms with van der Waals surface area (Å²) in [6.07, 6.45) is 2.39. The number of aliphatic imine (C=N–C) groups is 1. The van der Waals surface area contributed by atoms with E-state index in [0.717, 1.165) is 24.3 Å². The number of piperidine rings is 1. The van der Waals surface area contributed by atoms with Crippen molar-refractivity contribution in [2.24, 2.45) is 4.99 Å². The van der Waals surface area contributed by atoms with Crippen LogP contribution in [0.5, 0.6) is 5.75 Å². The molecule has 0 bridgehead atoms. The van der Waals surface area contributed by atoms with Crippen LogP contribution >= 0.6 is 0 Å². The summed E-state index contributed by atoms with van der Waals surface area (Å²) in [5, 5.41) is 3.33. The van der Waals surface area contributed by atoms with Crippen LogP contribution in [0.1, 0.15) is 58.4 Å². The van der Waals surface area contributed by atoms with Crippen molar-refractivity contribution in [1.29, 1.82) is 0 Å². The molecule has 3 aliphatic rings. The Morgan fingerprint density at radius 2 is 2.00 bits per heavy atom. The van der Waals surface area contributed by atoms with E-state index in [4.69, 9.17) is 4.74 Å². The smallest absolute Gasteiger partial charge is 0.350 e. The van der Waals surface area contributed by atoms with Crippen LogP contribution in [0.25, 0.3) is 0 Å². The number of amidine groups is 1. The Bertz CT molecular complexity index is 1170. The van der Waals surface area contributed by atoms with E-state index < -0.39 is 23.6 Å². The maximum atomic E-state index is 14.6. The highest BCUT2D eigenvalue weighted by Gasteiger charge is 2.54. The molecular formula is C29H36F2N4O2. The number of urea groups is 1. The Morgan fingerprint density at radius 3 is 2.70 bits per heavy atom. The van der Waals surface area contributed by atoms with Crippen LogP contribution in [0.2, 0.25) is 0 Å². The van der Waals surface area contributed by atoms with Crippen molar-refractivity contribution in [2.75, 3.05) is 11.4 Å². The van der Waals surface area contributed by atoms with Crippen LogP contribution in [0.3, 0.4) is 0 Å². The third-order valence-corrected chi connectivity index (χ3v) is 7.81. The molecule has 37 heavy (non-hydrogen) atoms. The number of ether oxygens (including phenoxy) is 1. The van der Waals surface area contributed by atoms with Crippen molar-refractivity contribution in [3.8, 4) is 5.75 Å². The van der Waals surface area contributed by atoms with Crippen LogP contribution in [0.4, 0.5) is 19.3 Å². The van der Waals surface area contributed by atoms with E-state index in [9.17, 15) is 13.6 Å². The molecule has 0 aromatic heterocycles. The number of carbonyl (C=O) groups excluding carboxylic acids is 1. The Kier molecular flexibility index (Phi) is 7.21. The maximum Gasteiger partial charge on any atom is 0.350 e. The van der Waals surface area contributed by atoms with Gasteiger partial charge in [-0.15, -0.1) is 0 Å². The van der Waals surface area contributed by atoms with Gasteiger partial charge in [-0.05, 0) is 88.8 Å². The van der Waals surface area contributed by atoms with Crippen molar-refractivity contribution >= 4 is 17.6 Å². The summed E-state index contributed by atoms with van der Waals surface area (Å²) in [5.74, 6) is 0.967. The minimum Gasteiger partial charge on any atom is -0.491 e. The van der Waals surface area contributed by atoms with Gasteiger partial charge in [0.1, 0.15) is 29.1 Å². The molecule has 8 heteroatoms. The number of halogens is 2. The molecule has 5 rings (SSSR count). The number of hydrogen-bond donors (Lipinski definition) is 1. The molecule has 0 radical (unpaired) electrons. The van der Waals surface area contributed by atoms with Gasteiger partial charge in [-0.3, -0.25) is 9.80 Å². The molecule has 0 unspecified atom stereocenters. The summed E-state index contributed by atoms with van der Waals surface area (Å²) in [5.41, 5.74) is 0.864. The molecule has 2 aromatic carbocycles. The van der Waals surface area contributed by atoms with Crippen molar-refractivity contribution in [2.45, 2.75) is 89.3 Å². The largest absolute Gasteiger partial charge is 0.491 e. The normalized spacial score (nSPS) is 28.3. The van der Waals surface area contributed by atoms with Crippen molar-refractivity contribution in [1.82, 2.24) is 10.2 Å². The number of alkyl halides is 1. The quantitative estimate of drug-likeness (QED) is 0.529. The van der Waals surface area contributed by atoms with Crippen molar-refractivity contribution in [3.05, 3.63) is 59.9 Å². The number of nitrogens with one attached hydrogen (secondary N) is 1. The first kappa shape index (κ1) is 25.6. The second-order valence-electron chi connectivity index (χ2n) is 10.9. The molecule has 4 atom stereocenters. The second-order valence-corrected chi connectivity index (χ2v) is 10.9. The molecule has 2 heterocycles. The fourth-order valence-corrected chi connectivity index (χ4v) is 6.08. The highest BCUT2D eigenvalue weighted by Crippen LogP contribution is 2.41. The van der Waals surface area contributed by atoms with E-state index >= 15 is 0 Å². The summed E-state index contributed by atoms with van der Waals surface area (Å²) < 4.78 is 34.7. The molecule has 1 N–H and O–H groups in total. The summed E-state index contributed by atoms with van der Waals surface area (Å²) in [7, 11) is 0. The lowest BCUT2D eigenvalue weighted by atomic mass is 9.80. The number of carbonyl (C=O) groups is 1. The Hall–Kier alpha value is -3.00. The molecule has 2 fully saturated rings. The monoisotopic (exact) mass is 510 g/mol. The van der Waals surface area contributed by atoms with E-state index in [1.54, 1.807) is 17.0 Å². The second kappa shape index (κ2) is 10.4. The van der Waals surface area contributed by atoms with Crippen LogP contribution in [0.15, 0.2) is 53.5 Å². The molecule has 6 nitrogen and oxygen atoms in total. The van der Waals surface area contributed by atoms with Gasteiger partial charge < -0.3 is 10.1 Å². The lowest BCUT2D eigenvalue weighted by molar-refractivity contribution is 0.121. The molecule has 1 spiro atoms. The van der Waals surface area contributed by atoms with E-state index in [2.05, 4.69) is 34.3 Å². The van der Waals surface area contributed by atoms with Gasteiger partial charge in [0.05, 0.1) is 12.1 Å². The maximum absolute atomic E-state index is 14.6. The number of benzene rings is 2. The van der Waals surface area contributed by atoms with E-state index in [1.165, 1.54) is 12.1 Å². The number of amides is 2. The van der Waals surface area contributed by atoms with Gasteiger partial charge in [0.2, 0.25) is 0 Å². The molecule has 1 aliphatic carbocycles. The highest BCUT2D eigenvalue weighted by atomic mass is 19.1. The van der Waals surface area contributed by atoms with Gasteiger partial charge in [0.15, 0.2) is 0 Å². The van der Waals surface area contributed by atoms with Crippen molar-refractivity contribution in [3.63, 3.8) is 0 Å². The highest BCUT2D eigenvalue weighted by molar-refractivity contribution is 6.16. The van der Waals surface area contributed by atoms with Gasteiger partial charge in [0.25, 0.3) is 0 Å². The Morgan fingerprint density at radius 1 is 1.19 bits per heavy atom. The first-order valence-electron chi connectivity index (χ1n) is 13.3.